The van der Waals surface area contributed by atoms with E-state index >= 15 is 0 Å². The zero-order valence-corrected chi connectivity index (χ0v) is 13.5. The van der Waals surface area contributed by atoms with Crippen LogP contribution in [0.5, 0.6) is 0 Å². The molecule has 1 aromatic rings. The van der Waals surface area contributed by atoms with Gasteiger partial charge >= 0.3 is 0 Å². The molecule has 0 aliphatic carbocycles. The monoisotopic (exact) mass is 291 g/mol. The smallest absolute Gasteiger partial charge is 0.230 e. The van der Waals surface area contributed by atoms with E-state index in [-0.39, 0.29) is 18.1 Å². The van der Waals surface area contributed by atoms with Crippen LogP contribution in [0.25, 0.3) is 0 Å². The second-order valence-electron chi connectivity index (χ2n) is 6.26. The topological polar surface area (TPSA) is 42.8 Å². The lowest BCUT2D eigenvalue weighted by molar-refractivity contribution is -0.914. The van der Waals surface area contributed by atoms with Crippen LogP contribution in [0.15, 0.2) is 18.2 Å². The molecular weight excluding hydrogens is 264 g/mol. The van der Waals surface area contributed by atoms with Crippen LogP contribution < -0.4 is 10.2 Å². The number of hydrogen-bond acceptors (Lipinski definition) is 2. The van der Waals surface area contributed by atoms with Crippen LogP contribution in [0.3, 0.4) is 0 Å². The number of ether oxygens (including phenoxy) is 1. The first kappa shape index (κ1) is 16.0. The van der Waals surface area contributed by atoms with Crippen molar-refractivity contribution in [3.05, 3.63) is 29.3 Å². The summed E-state index contributed by atoms with van der Waals surface area (Å²) in [4.78, 5) is 13.5. The molecule has 2 rings (SSSR count). The summed E-state index contributed by atoms with van der Waals surface area (Å²) in [5.41, 5.74) is 3.34. The van der Waals surface area contributed by atoms with Crippen molar-refractivity contribution in [1.29, 1.82) is 0 Å². The average Bonchev–Trinajstić information content (AvgIpc) is 2.40. The number of morpholine rings is 1. The number of amides is 1. The van der Waals surface area contributed by atoms with Gasteiger partial charge in [0.25, 0.3) is 0 Å². The van der Waals surface area contributed by atoms with Gasteiger partial charge in [0.2, 0.25) is 5.91 Å². The number of benzene rings is 1. The minimum Gasteiger partial charge on any atom is -0.364 e. The summed E-state index contributed by atoms with van der Waals surface area (Å²) in [6, 6.07) is 6.03. The van der Waals surface area contributed by atoms with Gasteiger partial charge in [-0.2, -0.15) is 0 Å². The number of rotatable bonds is 4. The Balaban J connectivity index is 1.80. The maximum atomic E-state index is 12.1. The molecule has 21 heavy (non-hydrogen) atoms. The fraction of sp³-hybridized carbons (Fsp3) is 0.588. The summed E-state index contributed by atoms with van der Waals surface area (Å²) >= 11 is 0. The van der Waals surface area contributed by atoms with Crippen LogP contribution in [0.2, 0.25) is 0 Å². The molecule has 0 bridgehead atoms. The van der Waals surface area contributed by atoms with Gasteiger partial charge < -0.3 is 15.0 Å². The maximum absolute atomic E-state index is 12.1. The molecule has 1 aliphatic rings. The molecule has 1 aliphatic heterocycles. The van der Waals surface area contributed by atoms with E-state index < -0.39 is 0 Å². The van der Waals surface area contributed by atoms with Crippen LogP contribution in [-0.4, -0.2) is 37.7 Å². The number of aryl methyl sites for hydroxylation is 2. The van der Waals surface area contributed by atoms with Crippen LogP contribution in [0.4, 0.5) is 5.69 Å². The number of carbonyl (C=O) groups is 1. The van der Waals surface area contributed by atoms with Crippen molar-refractivity contribution in [2.75, 3.05) is 25.0 Å². The lowest BCUT2D eigenvalue weighted by Gasteiger charge is -2.32. The predicted octanol–water partition coefficient (Wildman–Crippen LogP) is 1.32. The SMILES string of the molecule is Cc1ccc(NC(=O)CC[NH+]2C[C@H](C)O[C@@H](C)C2)cc1C. The van der Waals surface area contributed by atoms with Crippen molar-refractivity contribution in [3.8, 4) is 0 Å². The normalized spacial score (nSPS) is 25.6. The van der Waals surface area contributed by atoms with Gasteiger partial charge in [-0.25, -0.2) is 0 Å². The van der Waals surface area contributed by atoms with Gasteiger partial charge in [-0.3, -0.25) is 4.79 Å². The first-order valence-corrected chi connectivity index (χ1v) is 7.80. The molecule has 0 spiro atoms. The third kappa shape index (κ3) is 4.83. The number of quaternary nitrogens is 1. The molecule has 0 aromatic heterocycles. The minimum absolute atomic E-state index is 0.0950. The third-order valence-corrected chi connectivity index (χ3v) is 4.11. The molecule has 1 amide bonds. The van der Waals surface area contributed by atoms with E-state index in [9.17, 15) is 4.79 Å². The Labute approximate surface area is 127 Å². The number of carbonyl (C=O) groups excluding carboxylic acids is 1. The first-order chi connectivity index (χ1) is 9.94. The van der Waals surface area contributed by atoms with E-state index in [2.05, 4.69) is 33.0 Å². The largest absolute Gasteiger partial charge is 0.364 e. The molecule has 1 heterocycles. The molecule has 2 N–H and O–H groups in total. The fourth-order valence-electron chi connectivity index (χ4n) is 2.93. The van der Waals surface area contributed by atoms with Crippen LogP contribution in [-0.2, 0) is 9.53 Å². The summed E-state index contributed by atoms with van der Waals surface area (Å²) in [6.07, 6.45) is 1.12. The van der Waals surface area contributed by atoms with Crippen molar-refractivity contribution in [2.24, 2.45) is 0 Å². The zero-order valence-electron chi connectivity index (χ0n) is 13.5. The van der Waals surface area contributed by atoms with E-state index in [0.29, 0.717) is 6.42 Å². The van der Waals surface area contributed by atoms with Gasteiger partial charge in [-0.1, -0.05) is 6.07 Å². The highest BCUT2D eigenvalue weighted by atomic mass is 16.5. The van der Waals surface area contributed by atoms with Crippen LogP contribution in [0.1, 0.15) is 31.4 Å². The molecule has 4 nitrogen and oxygen atoms in total. The van der Waals surface area contributed by atoms with Gasteiger partial charge in [0.15, 0.2) is 0 Å². The highest BCUT2D eigenvalue weighted by molar-refractivity contribution is 5.90. The Morgan fingerprint density at radius 3 is 2.52 bits per heavy atom. The molecule has 116 valence electrons. The molecule has 2 atom stereocenters. The molecule has 0 unspecified atom stereocenters. The molecule has 0 radical (unpaired) electrons. The van der Waals surface area contributed by atoms with Crippen LogP contribution >= 0.6 is 0 Å². The highest BCUT2D eigenvalue weighted by Crippen LogP contribution is 2.14. The van der Waals surface area contributed by atoms with Gasteiger partial charge in [-0.15, -0.1) is 0 Å². The van der Waals surface area contributed by atoms with Crippen molar-refractivity contribution < 1.29 is 14.4 Å². The minimum atomic E-state index is 0.0950. The van der Waals surface area contributed by atoms with E-state index in [1.165, 1.54) is 16.0 Å². The summed E-state index contributed by atoms with van der Waals surface area (Å²) in [5.74, 6) is 0.0950. The van der Waals surface area contributed by atoms with Crippen molar-refractivity contribution in [1.82, 2.24) is 0 Å². The molecule has 1 aromatic carbocycles. The first-order valence-electron chi connectivity index (χ1n) is 7.80. The van der Waals surface area contributed by atoms with Crippen molar-refractivity contribution in [2.45, 2.75) is 46.3 Å². The van der Waals surface area contributed by atoms with Gasteiger partial charge in [0.05, 0.1) is 13.0 Å². The lowest BCUT2D eigenvalue weighted by Crippen LogP contribution is -3.15. The summed E-state index contributed by atoms with van der Waals surface area (Å²) in [5, 5.41) is 2.99. The second kappa shape index (κ2) is 7.05. The van der Waals surface area contributed by atoms with Crippen molar-refractivity contribution >= 4 is 11.6 Å². The quantitative estimate of drug-likeness (QED) is 0.879. The summed E-state index contributed by atoms with van der Waals surface area (Å²) < 4.78 is 5.72. The Morgan fingerprint density at radius 2 is 1.90 bits per heavy atom. The average molecular weight is 291 g/mol. The highest BCUT2D eigenvalue weighted by Gasteiger charge is 2.25. The van der Waals surface area contributed by atoms with E-state index in [1.54, 1.807) is 0 Å². The molecule has 4 heteroatoms. The molecule has 1 saturated heterocycles. The van der Waals surface area contributed by atoms with Crippen LogP contribution in [0, 0.1) is 13.8 Å². The van der Waals surface area contributed by atoms with Gasteiger partial charge in [-0.05, 0) is 51.0 Å². The third-order valence-electron chi connectivity index (χ3n) is 4.11. The standard InChI is InChI=1S/C17H26N2O2/c1-12-5-6-16(9-13(12)2)18-17(20)7-8-19-10-14(3)21-15(4)11-19/h5-6,9,14-15H,7-8,10-11H2,1-4H3,(H,18,20)/p+1/t14-,15-/m0/s1. The Morgan fingerprint density at radius 1 is 1.24 bits per heavy atom. The van der Waals surface area contributed by atoms with E-state index in [1.807, 2.05) is 18.2 Å². The molecule has 1 fully saturated rings. The lowest BCUT2D eigenvalue weighted by atomic mass is 10.1. The second-order valence-corrected chi connectivity index (χ2v) is 6.26. The van der Waals surface area contributed by atoms with Crippen molar-refractivity contribution in [3.63, 3.8) is 0 Å². The maximum Gasteiger partial charge on any atom is 0.230 e. The van der Waals surface area contributed by atoms with Gasteiger partial charge in [0.1, 0.15) is 25.3 Å². The Bertz CT molecular complexity index is 492. The zero-order chi connectivity index (χ0) is 15.4. The summed E-state index contributed by atoms with van der Waals surface area (Å²) in [6.45, 7) is 11.2. The number of anilines is 1. The molecular formula is C17H27N2O2+. The molecule has 0 saturated carbocycles. The van der Waals surface area contributed by atoms with E-state index in [0.717, 1.165) is 25.3 Å². The predicted molar refractivity (Wildman–Crippen MR) is 84.7 cm³/mol. The number of nitrogens with one attached hydrogen (secondary N) is 2. The Kier molecular flexibility index (Phi) is 5.37. The summed E-state index contributed by atoms with van der Waals surface area (Å²) in [7, 11) is 0. The number of hydrogen-bond donors (Lipinski definition) is 2. The van der Waals surface area contributed by atoms with Gasteiger partial charge in [0, 0.05) is 5.69 Å². The van der Waals surface area contributed by atoms with E-state index in [4.69, 9.17) is 4.74 Å². The Hall–Kier alpha value is -1.39. The fourth-order valence-corrected chi connectivity index (χ4v) is 2.93.